The van der Waals surface area contributed by atoms with Gasteiger partial charge in [0.05, 0.1) is 12.1 Å². The number of nitrogens with one attached hydrogen (secondary N) is 2. The molecule has 9 heteroatoms. The maximum Gasteiger partial charge on any atom is 0.324 e. The third-order valence-electron chi connectivity index (χ3n) is 3.22. The number of nitrogen functional groups attached to an aromatic ring is 1. The topological polar surface area (TPSA) is 117 Å². The molecule has 0 spiro atoms. The normalized spacial score (nSPS) is 17.7. The van der Waals surface area contributed by atoms with Gasteiger partial charge in [0, 0.05) is 24.9 Å². The van der Waals surface area contributed by atoms with Crippen molar-refractivity contribution in [1.82, 2.24) is 20.5 Å². The van der Waals surface area contributed by atoms with Crippen LogP contribution in [0.4, 0.5) is 9.93 Å². The molecule has 0 bridgehead atoms. The van der Waals surface area contributed by atoms with Crippen molar-refractivity contribution in [3.8, 4) is 0 Å². The number of rotatable bonds is 7. The van der Waals surface area contributed by atoms with E-state index in [0.29, 0.717) is 31.1 Å². The van der Waals surface area contributed by atoms with Gasteiger partial charge in [-0.25, -0.2) is 9.78 Å². The summed E-state index contributed by atoms with van der Waals surface area (Å²) in [6.07, 6.45) is 1.21. The maximum absolute atomic E-state index is 12.0. The summed E-state index contributed by atoms with van der Waals surface area (Å²) in [5, 5.41) is 7.58. The summed E-state index contributed by atoms with van der Waals surface area (Å²) in [7, 11) is 0. The first kappa shape index (κ1) is 16.2. The fourth-order valence-corrected chi connectivity index (χ4v) is 2.77. The van der Waals surface area contributed by atoms with Crippen molar-refractivity contribution >= 4 is 34.3 Å². The standard InChI is InChI=1S/C13H19N5O3S/c1-2-5-18-11(20)9(17-13(18)21)6-10(19)15-4-3-8-7-22-12(14)16-8/h7,9H,2-6H2,1H3,(H2,14,16)(H,15,19)(H,17,21)/t9-/m1/s1. The molecule has 1 aromatic heterocycles. The number of thiazole rings is 1. The highest BCUT2D eigenvalue weighted by molar-refractivity contribution is 7.13. The van der Waals surface area contributed by atoms with Gasteiger partial charge in [0.15, 0.2) is 5.13 Å². The lowest BCUT2D eigenvalue weighted by molar-refractivity contribution is -0.130. The largest absolute Gasteiger partial charge is 0.375 e. The van der Waals surface area contributed by atoms with Gasteiger partial charge in [0.1, 0.15) is 6.04 Å². The van der Waals surface area contributed by atoms with E-state index in [2.05, 4.69) is 15.6 Å². The summed E-state index contributed by atoms with van der Waals surface area (Å²) in [4.78, 5) is 40.7. The zero-order valence-electron chi connectivity index (χ0n) is 12.3. The van der Waals surface area contributed by atoms with E-state index >= 15 is 0 Å². The highest BCUT2D eigenvalue weighted by Gasteiger charge is 2.38. The number of amides is 4. The zero-order valence-corrected chi connectivity index (χ0v) is 13.1. The van der Waals surface area contributed by atoms with Gasteiger partial charge >= 0.3 is 6.03 Å². The van der Waals surface area contributed by atoms with Crippen molar-refractivity contribution in [2.24, 2.45) is 0 Å². The Labute approximate surface area is 132 Å². The second-order valence-electron chi connectivity index (χ2n) is 4.97. The van der Waals surface area contributed by atoms with Gasteiger partial charge in [-0.05, 0) is 6.42 Å². The predicted octanol–water partition coefficient (Wildman–Crippen LogP) is 0.105. The lowest BCUT2D eigenvalue weighted by atomic mass is 10.2. The van der Waals surface area contributed by atoms with Crippen molar-refractivity contribution in [2.45, 2.75) is 32.2 Å². The zero-order chi connectivity index (χ0) is 16.1. The van der Waals surface area contributed by atoms with E-state index in [1.807, 2.05) is 12.3 Å². The predicted molar refractivity (Wildman–Crippen MR) is 82.2 cm³/mol. The van der Waals surface area contributed by atoms with Crippen LogP contribution in [0, 0.1) is 0 Å². The van der Waals surface area contributed by atoms with E-state index in [-0.39, 0.29) is 18.2 Å². The Balaban J connectivity index is 1.75. The minimum atomic E-state index is -0.769. The lowest BCUT2D eigenvalue weighted by Gasteiger charge is -2.11. The Morgan fingerprint density at radius 1 is 1.55 bits per heavy atom. The number of nitrogens with zero attached hydrogens (tertiary/aromatic N) is 2. The van der Waals surface area contributed by atoms with E-state index in [1.165, 1.54) is 11.3 Å². The van der Waals surface area contributed by atoms with Gasteiger partial charge in [-0.15, -0.1) is 11.3 Å². The third-order valence-corrected chi connectivity index (χ3v) is 3.94. The van der Waals surface area contributed by atoms with Crippen LogP contribution in [0.5, 0.6) is 0 Å². The van der Waals surface area contributed by atoms with Crippen LogP contribution in [0.2, 0.25) is 0 Å². The van der Waals surface area contributed by atoms with E-state index in [9.17, 15) is 14.4 Å². The quantitative estimate of drug-likeness (QED) is 0.615. The molecule has 4 N–H and O–H groups in total. The molecule has 0 saturated carbocycles. The van der Waals surface area contributed by atoms with Crippen LogP contribution in [-0.4, -0.2) is 46.9 Å². The fourth-order valence-electron chi connectivity index (χ4n) is 2.18. The summed E-state index contributed by atoms with van der Waals surface area (Å²) < 4.78 is 0. The number of hydrogen-bond donors (Lipinski definition) is 3. The molecule has 1 saturated heterocycles. The second-order valence-corrected chi connectivity index (χ2v) is 5.86. The van der Waals surface area contributed by atoms with Crippen molar-refractivity contribution in [3.63, 3.8) is 0 Å². The summed E-state index contributed by atoms with van der Waals surface area (Å²) in [6.45, 7) is 2.66. The molecule has 120 valence electrons. The average molecular weight is 325 g/mol. The Morgan fingerprint density at radius 3 is 2.95 bits per heavy atom. The van der Waals surface area contributed by atoms with Gasteiger partial charge in [0.25, 0.3) is 5.91 Å². The highest BCUT2D eigenvalue weighted by Crippen LogP contribution is 2.11. The molecule has 0 aliphatic carbocycles. The van der Waals surface area contributed by atoms with E-state index in [1.54, 1.807) is 0 Å². The van der Waals surface area contributed by atoms with Gasteiger partial charge in [0.2, 0.25) is 5.91 Å². The first-order valence-electron chi connectivity index (χ1n) is 7.09. The molecule has 2 rings (SSSR count). The minimum absolute atomic E-state index is 0.0516. The van der Waals surface area contributed by atoms with Crippen LogP contribution < -0.4 is 16.4 Å². The molecule has 0 radical (unpaired) electrons. The van der Waals surface area contributed by atoms with Gasteiger partial charge < -0.3 is 16.4 Å². The number of hydrogen-bond acceptors (Lipinski definition) is 6. The molecule has 1 aromatic rings. The van der Waals surface area contributed by atoms with Crippen molar-refractivity contribution in [3.05, 3.63) is 11.1 Å². The molecule has 1 aliphatic heterocycles. The van der Waals surface area contributed by atoms with Crippen LogP contribution in [0.3, 0.4) is 0 Å². The van der Waals surface area contributed by atoms with Gasteiger partial charge in [-0.2, -0.15) is 0 Å². The van der Waals surface area contributed by atoms with Crippen LogP contribution in [0.1, 0.15) is 25.5 Å². The molecule has 0 aromatic carbocycles. The summed E-state index contributed by atoms with van der Waals surface area (Å²) >= 11 is 1.35. The smallest absolute Gasteiger partial charge is 0.324 e. The molecule has 2 heterocycles. The Kier molecular flexibility index (Phi) is 5.31. The first-order chi connectivity index (χ1) is 10.5. The molecule has 8 nitrogen and oxygen atoms in total. The Morgan fingerprint density at radius 2 is 2.32 bits per heavy atom. The molecule has 4 amide bonds. The number of anilines is 1. The monoisotopic (exact) mass is 325 g/mol. The van der Waals surface area contributed by atoms with Crippen LogP contribution in [0.15, 0.2) is 5.38 Å². The summed E-state index contributed by atoms with van der Waals surface area (Å²) in [5.74, 6) is -0.616. The molecular weight excluding hydrogens is 306 g/mol. The number of carbonyl (C=O) groups is 3. The summed E-state index contributed by atoms with van der Waals surface area (Å²) in [6, 6.07) is -1.20. The average Bonchev–Trinajstić information content (AvgIpc) is 2.98. The number of nitrogens with two attached hydrogens (primary N) is 1. The Hall–Kier alpha value is -2.16. The molecule has 1 fully saturated rings. The SMILES string of the molecule is CCCN1C(=O)N[C@H](CC(=O)NCCc2csc(N)n2)C1=O. The third kappa shape index (κ3) is 3.94. The maximum atomic E-state index is 12.0. The highest BCUT2D eigenvalue weighted by atomic mass is 32.1. The molecule has 1 aliphatic rings. The Bertz CT molecular complexity index is 574. The lowest BCUT2D eigenvalue weighted by Crippen LogP contribution is -2.37. The van der Waals surface area contributed by atoms with Crippen LogP contribution in [0.25, 0.3) is 0 Å². The number of aromatic nitrogens is 1. The summed E-state index contributed by atoms with van der Waals surface area (Å²) in [5.41, 5.74) is 6.34. The van der Waals surface area contributed by atoms with E-state index in [0.717, 1.165) is 10.6 Å². The molecule has 1 atom stereocenters. The van der Waals surface area contributed by atoms with Crippen molar-refractivity contribution < 1.29 is 14.4 Å². The minimum Gasteiger partial charge on any atom is -0.375 e. The van der Waals surface area contributed by atoms with Gasteiger partial charge in [-0.3, -0.25) is 14.5 Å². The van der Waals surface area contributed by atoms with Crippen molar-refractivity contribution in [2.75, 3.05) is 18.8 Å². The van der Waals surface area contributed by atoms with Crippen LogP contribution in [-0.2, 0) is 16.0 Å². The molecular formula is C13H19N5O3S. The second kappa shape index (κ2) is 7.21. The number of urea groups is 1. The van der Waals surface area contributed by atoms with Gasteiger partial charge in [-0.1, -0.05) is 6.92 Å². The first-order valence-corrected chi connectivity index (χ1v) is 7.97. The van der Waals surface area contributed by atoms with Crippen molar-refractivity contribution in [1.29, 1.82) is 0 Å². The van der Waals surface area contributed by atoms with Crippen LogP contribution >= 0.6 is 11.3 Å². The van der Waals surface area contributed by atoms with E-state index in [4.69, 9.17) is 5.73 Å². The number of imide groups is 1. The molecule has 0 unspecified atom stereocenters. The fraction of sp³-hybridized carbons (Fsp3) is 0.538. The molecule has 22 heavy (non-hydrogen) atoms. The number of carbonyl (C=O) groups excluding carboxylic acids is 3. The van der Waals surface area contributed by atoms with E-state index < -0.39 is 12.1 Å².